The smallest absolute Gasteiger partial charge is 0.407 e. The van der Waals surface area contributed by atoms with Crippen LogP contribution in [0.5, 0.6) is 0 Å². The van der Waals surface area contributed by atoms with Gasteiger partial charge in [0.1, 0.15) is 6.61 Å². The summed E-state index contributed by atoms with van der Waals surface area (Å²) in [5, 5.41) is 11.7. The topological polar surface area (TPSA) is 75.6 Å². The van der Waals surface area contributed by atoms with Gasteiger partial charge in [-0.3, -0.25) is 4.79 Å². The Kier molecular flexibility index (Phi) is 5.76. The van der Waals surface area contributed by atoms with Crippen LogP contribution in [-0.4, -0.2) is 17.2 Å². The highest BCUT2D eigenvalue weighted by Crippen LogP contribution is 2.29. The van der Waals surface area contributed by atoms with Crippen molar-refractivity contribution in [3.8, 4) is 0 Å². The Morgan fingerprint density at radius 2 is 1.96 bits per heavy atom. The van der Waals surface area contributed by atoms with Crippen molar-refractivity contribution in [1.82, 2.24) is 5.32 Å². The third kappa shape index (κ3) is 5.10. The highest BCUT2D eigenvalue weighted by atomic mass is 32.1. The van der Waals surface area contributed by atoms with E-state index in [0.29, 0.717) is 0 Å². The number of amides is 1. The molecular formula is C17H19NO4S. The molecule has 1 aromatic heterocycles. The molecule has 0 spiro atoms. The number of thiophene rings is 1. The Labute approximate surface area is 138 Å². The minimum atomic E-state index is -0.969. The van der Waals surface area contributed by atoms with Crippen LogP contribution >= 0.6 is 11.3 Å². The monoisotopic (exact) mass is 333 g/mol. The van der Waals surface area contributed by atoms with Gasteiger partial charge in [-0.1, -0.05) is 30.3 Å². The fourth-order valence-electron chi connectivity index (χ4n) is 2.30. The molecule has 122 valence electrons. The molecule has 2 N–H and O–H groups in total. The van der Waals surface area contributed by atoms with Crippen LogP contribution in [0.2, 0.25) is 0 Å². The molecule has 5 nitrogen and oxygen atoms in total. The van der Waals surface area contributed by atoms with Crippen LogP contribution in [0.1, 0.15) is 33.3 Å². The van der Waals surface area contributed by atoms with Crippen molar-refractivity contribution in [2.45, 2.75) is 32.9 Å². The summed E-state index contributed by atoms with van der Waals surface area (Å²) in [5.74, 6) is -0.969. The lowest BCUT2D eigenvalue weighted by molar-refractivity contribution is -0.137. The maximum Gasteiger partial charge on any atom is 0.407 e. The van der Waals surface area contributed by atoms with Gasteiger partial charge in [0.15, 0.2) is 0 Å². The van der Waals surface area contributed by atoms with Gasteiger partial charge in [-0.2, -0.15) is 0 Å². The van der Waals surface area contributed by atoms with Gasteiger partial charge in [-0.15, -0.1) is 11.3 Å². The van der Waals surface area contributed by atoms with Gasteiger partial charge in [-0.25, -0.2) is 4.79 Å². The highest BCUT2D eigenvalue weighted by molar-refractivity contribution is 7.12. The van der Waals surface area contributed by atoms with Gasteiger partial charge in [0.25, 0.3) is 0 Å². The maximum atomic E-state index is 12.0. The number of alkyl carbamates (subject to hydrolysis) is 1. The number of ether oxygens (including phenoxy) is 1. The predicted molar refractivity (Wildman–Crippen MR) is 88.5 cm³/mol. The van der Waals surface area contributed by atoms with E-state index in [1.54, 1.807) is 0 Å². The van der Waals surface area contributed by atoms with Crippen molar-refractivity contribution >= 4 is 23.4 Å². The minimum absolute atomic E-state index is 0.148. The van der Waals surface area contributed by atoms with Crippen molar-refractivity contribution in [2.75, 3.05) is 0 Å². The van der Waals surface area contributed by atoms with Gasteiger partial charge in [0.2, 0.25) is 0 Å². The number of carbonyl (C=O) groups is 2. The summed E-state index contributed by atoms with van der Waals surface area (Å²) in [6.45, 7) is 4.01. The van der Waals surface area contributed by atoms with Crippen molar-refractivity contribution < 1.29 is 19.4 Å². The van der Waals surface area contributed by atoms with Crippen molar-refractivity contribution in [3.05, 3.63) is 57.3 Å². The van der Waals surface area contributed by atoms with Gasteiger partial charge in [-0.05, 0) is 31.0 Å². The zero-order valence-corrected chi connectivity index (χ0v) is 13.9. The highest BCUT2D eigenvalue weighted by Gasteiger charge is 2.22. The van der Waals surface area contributed by atoms with Crippen LogP contribution in [0.25, 0.3) is 0 Å². The van der Waals surface area contributed by atoms with Gasteiger partial charge >= 0.3 is 12.1 Å². The minimum Gasteiger partial charge on any atom is -0.481 e. The molecule has 0 saturated carbocycles. The van der Waals surface area contributed by atoms with Crippen LogP contribution in [0.4, 0.5) is 4.79 Å². The molecule has 0 radical (unpaired) electrons. The first-order chi connectivity index (χ1) is 11.0. The molecular weight excluding hydrogens is 314 g/mol. The average Bonchev–Trinajstić information content (AvgIpc) is 2.84. The van der Waals surface area contributed by atoms with E-state index in [1.807, 2.05) is 50.2 Å². The molecule has 1 aromatic carbocycles. The molecule has 0 aliphatic carbocycles. The Morgan fingerprint density at radius 3 is 2.52 bits per heavy atom. The average molecular weight is 333 g/mol. The van der Waals surface area contributed by atoms with E-state index in [9.17, 15) is 9.59 Å². The number of aliphatic carboxylic acids is 1. The Balaban J connectivity index is 2.01. The molecule has 2 rings (SSSR count). The number of nitrogens with one attached hydrogen (secondary N) is 1. The molecule has 0 aliphatic rings. The lowest BCUT2D eigenvalue weighted by Crippen LogP contribution is -2.30. The van der Waals surface area contributed by atoms with E-state index in [2.05, 4.69) is 5.32 Å². The number of rotatable bonds is 6. The summed E-state index contributed by atoms with van der Waals surface area (Å²) in [6, 6.07) is 10.7. The summed E-state index contributed by atoms with van der Waals surface area (Å²) in [4.78, 5) is 25.0. The van der Waals surface area contributed by atoms with Crippen molar-refractivity contribution in [3.63, 3.8) is 0 Å². The lowest BCUT2D eigenvalue weighted by Gasteiger charge is -2.16. The first-order valence-electron chi connectivity index (χ1n) is 7.21. The molecule has 6 heteroatoms. The molecule has 0 saturated heterocycles. The number of benzene rings is 1. The molecule has 23 heavy (non-hydrogen) atoms. The van der Waals surface area contributed by atoms with Gasteiger partial charge in [0, 0.05) is 9.75 Å². The Hall–Kier alpha value is -2.34. The number of hydrogen-bond acceptors (Lipinski definition) is 4. The Bertz CT molecular complexity index is 681. The van der Waals surface area contributed by atoms with Crippen LogP contribution in [0.15, 0.2) is 36.4 Å². The third-order valence-corrected chi connectivity index (χ3v) is 4.55. The summed E-state index contributed by atoms with van der Waals surface area (Å²) < 4.78 is 5.17. The van der Waals surface area contributed by atoms with Gasteiger partial charge in [0.05, 0.1) is 12.5 Å². The predicted octanol–water partition coefficient (Wildman–Crippen LogP) is 3.81. The van der Waals surface area contributed by atoms with E-state index in [1.165, 1.54) is 11.3 Å². The number of carboxylic acids is 1. The number of carboxylic acid groups (broad SMARTS) is 1. The molecule has 1 atom stereocenters. The van der Waals surface area contributed by atoms with Crippen molar-refractivity contribution in [2.24, 2.45) is 0 Å². The number of aryl methyl sites for hydroxylation is 2. The second-order valence-corrected chi connectivity index (χ2v) is 6.55. The van der Waals surface area contributed by atoms with E-state index in [-0.39, 0.29) is 13.0 Å². The van der Waals surface area contributed by atoms with Crippen LogP contribution in [0.3, 0.4) is 0 Å². The summed E-state index contributed by atoms with van der Waals surface area (Å²) in [6.07, 6.45) is -0.799. The third-order valence-electron chi connectivity index (χ3n) is 3.28. The first kappa shape index (κ1) is 17.0. The van der Waals surface area contributed by atoms with E-state index < -0.39 is 18.1 Å². The number of carbonyl (C=O) groups excluding carboxylic acids is 1. The maximum absolute atomic E-state index is 12.0. The van der Waals surface area contributed by atoms with Crippen molar-refractivity contribution in [1.29, 1.82) is 0 Å². The Morgan fingerprint density at radius 1 is 1.26 bits per heavy atom. The molecule has 2 aromatic rings. The largest absolute Gasteiger partial charge is 0.481 e. The molecule has 1 heterocycles. The van der Waals surface area contributed by atoms with Crippen LogP contribution in [0, 0.1) is 13.8 Å². The van der Waals surface area contributed by atoms with E-state index in [0.717, 1.165) is 20.9 Å². The first-order valence-corrected chi connectivity index (χ1v) is 8.03. The zero-order valence-electron chi connectivity index (χ0n) is 13.0. The lowest BCUT2D eigenvalue weighted by atomic mass is 10.1. The molecule has 0 fully saturated rings. The molecule has 1 amide bonds. The quantitative estimate of drug-likeness (QED) is 0.843. The number of hydrogen-bond donors (Lipinski definition) is 2. The van der Waals surface area contributed by atoms with Gasteiger partial charge < -0.3 is 15.2 Å². The fourth-order valence-corrected chi connectivity index (χ4v) is 3.38. The van der Waals surface area contributed by atoms with Crippen LogP contribution in [-0.2, 0) is 16.1 Å². The summed E-state index contributed by atoms with van der Waals surface area (Å²) >= 11 is 1.49. The SMILES string of the molecule is Cc1cc(C)c(C(CC(=O)O)NC(=O)OCc2ccccc2)s1. The second-order valence-electron chi connectivity index (χ2n) is 5.26. The molecule has 0 bridgehead atoms. The second kappa shape index (κ2) is 7.78. The standard InChI is InChI=1S/C17H19NO4S/c1-11-8-12(2)23-16(11)14(9-15(19)20)18-17(21)22-10-13-6-4-3-5-7-13/h3-8,14H,9-10H2,1-2H3,(H,18,21)(H,19,20). The zero-order chi connectivity index (χ0) is 16.8. The molecule has 1 unspecified atom stereocenters. The fraction of sp³-hybridized carbons (Fsp3) is 0.294. The summed E-state index contributed by atoms with van der Waals surface area (Å²) in [5.41, 5.74) is 1.85. The molecule has 0 aliphatic heterocycles. The normalized spacial score (nSPS) is 11.7. The van der Waals surface area contributed by atoms with E-state index >= 15 is 0 Å². The van der Waals surface area contributed by atoms with E-state index in [4.69, 9.17) is 9.84 Å². The van der Waals surface area contributed by atoms with Crippen LogP contribution < -0.4 is 5.32 Å². The summed E-state index contributed by atoms with van der Waals surface area (Å²) in [7, 11) is 0.